The second-order valence-electron chi connectivity index (χ2n) is 4.62. The highest BCUT2D eigenvalue weighted by molar-refractivity contribution is 5.83. The molecule has 1 aliphatic heterocycles. The maximum absolute atomic E-state index is 11.9. The Labute approximate surface area is 90.5 Å². The van der Waals surface area contributed by atoms with Crippen LogP contribution in [0.5, 0.6) is 0 Å². The number of nitrogens with zero attached hydrogens (tertiary/aromatic N) is 3. The zero-order valence-corrected chi connectivity index (χ0v) is 9.31. The van der Waals surface area contributed by atoms with Crippen LogP contribution < -0.4 is 0 Å². The lowest BCUT2D eigenvalue weighted by Gasteiger charge is -2.43. The molecular weight excluding hydrogens is 190 g/mol. The molecular formula is C11H17N3O. The fourth-order valence-corrected chi connectivity index (χ4v) is 2.54. The lowest BCUT2D eigenvalue weighted by Crippen LogP contribution is -2.60. The molecule has 1 saturated heterocycles. The first-order chi connectivity index (χ1) is 7.15. The largest absolute Gasteiger partial charge is 0.343 e. The number of amides is 1. The fraction of sp³-hybridized carbons (Fsp3) is 0.818. The number of rotatable bonds is 2. The summed E-state index contributed by atoms with van der Waals surface area (Å²) in [6.07, 6.45) is 2.69. The van der Waals surface area contributed by atoms with Crippen LogP contribution in [-0.4, -0.2) is 47.4 Å². The molecule has 4 heteroatoms. The van der Waals surface area contributed by atoms with Crippen molar-refractivity contribution in [3.8, 4) is 6.07 Å². The molecule has 4 nitrogen and oxygen atoms in total. The molecule has 1 saturated carbocycles. The average molecular weight is 207 g/mol. The normalized spacial score (nSPS) is 32.9. The van der Waals surface area contributed by atoms with Crippen LogP contribution in [0.25, 0.3) is 0 Å². The molecule has 0 aromatic heterocycles. The average Bonchev–Trinajstić information content (AvgIpc) is 2.98. The molecule has 1 heterocycles. The van der Waals surface area contributed by atoms with Crippen molar-refractivity contribution < 1.29 is 4.79 Å². The summed E-state index contributed by atoms with van der Waals surface area (Å²) in [5.41, 5.74) is 0. The van der Waals surface area contributed by atoms with Gasteiger partial charge in [-0.05, 0) is 19.8 Å². The molecule has 0 spiro atoms. The van der Waals surface area contributed by atoms with E-state index in [4.69, 9.17) is 5.26 Å². The van der Waals surface area contributed by atoms with Crippen LogP contribution in [0.15, 0.2) is 0 Å². The smallest absolute Gasteiger partial charge is 0.240 e. The van der Waals surface area contributed by atoms with Gasteiger partial charge in [0, 0.05) is 25.7 Å². The van der Waals surface area contributed by atoms with Gasteiger partial charge in [-0.3, -0.25) is 9.69 Å². The van der Waals surface area contributed by atoms with Gasteiger partial charge in [0.05, 0.1) is 12.5 Å². The van der Waals surface area contributed by atoms with Crippen molar-refractivity contribution in [2.75, 3.05) is 13.6 Å². The molecule has 1 aliphatic carbocycles. The third kappa shape index (κ3) is 1.84. The minimum atomic E-state index is -0.198. The third-order valence-corrected chi connectivity index (χ3v) is 3.32. The van der Waals surface area contributed by atoms with Crippen LogP contribution >= 0.6 is 0 Å². The van der Waals surface area contributed by atoms with Crippen molar-refractivity contribution in [3.63, 3.8) is 0 Å². The van der Waals surface area contributed by atoms with Crippen molar-refractivity contribution in [1.82, 2.24) is 9.80 Å². The summed E-state index contributed by atoms with van der Waals surface area (Å²) in [6.45, 7) is 2.93. The van der Waals surface area contributed by atoms with E-state index in [2.05, 4.69) is 17.9 Å². The monoisotopic (exact) mass is 207 g/mol. The molecule has 2 unspecified atom stereocenters. The van der Waals surface area contributed by atoms with Crippen molar-refractivity contribution >= 4 is 5.91 Å². The topological polar surface area (TPSA) is 47.3 Å². The standard InChI is InChI=1S/C11H17N3O/c1-8-7-13(2)11(15)10(5-6-12)14(8)9-3-4-9/h8-10H,3-5,7H2,1-2H3. The van der Waals surface area contributed by atoms with Crippen LogP contribution in [0.3, 0.4) is 0 Å². The van der Waals surface area contributed by atoms with Gasteiger partial charge in [0.1, 0.15) is 6.04 Å². The van der Waals surface area contributed by atoms with Crippen LogP contribution in [0, 0.1) is 11.3 Å². The van der Waals surface area contributed by atoms with Crippen LogP contribution in [-0.2, 0) is 4.79 Å². The Morgan fingerprint density at radius 3 is 2.73 bits per heavy atom. The molecule has 1 amide bonds. The van der Waals surface area contributed by atoms with Gasteiger partial charge < -0.3 is 4.90 Å². The Morgan fingerprint density at radius 1 is 1.53 bits per heavy atom. The molecule has 0 bridgehead atoms. The van der Waals surface area contributed by atoms with Crippen molar-refractivity contribution in [3.05, 3.63) is 0 Å². The summed E-state index contributed by atoms with van der Waals surface area (Å²) in [5.74, 6) is 0.113. The summed E-state index contributed by atoms with van der Waals surface area (Å²) in [7, 11) is 1.83. The molecule has 2 atom stereocenters. The predicted octanol–water partition coefficient (Wildman–Crippen LogP) is 0.594. The highest BCUT2D eigenvalue weighted by Crippen LogP contribution is 2.33. The van der Waals surface area contributed by atoms with Crippen molar-refractivity contribution in [2.24, 2.45) is 0 Å². The summed E-state index contributed by atoms with van der Waals surface area (Å²) >= 11 is 0. The van der Waals surface area contributed by atoms with Crippen molar-refractivity contribution in [1.29, 1.82) is 5.26 Å². The van der Waals surface area contributed by atoms with E-state index in [0.29, 0.717) is 18.5 Å². The zero-order valence-electron chi connectivity index (χ0n) is 9.31. The number of nitriles is 1. The second kappa shape index (κ2) is 3.82. The molecule has 0 aromatic rings. The van der Waals surface area contributed by atoms with Gasteiger partial charge in [0.25, 0.3) is 0 Å². The van der Waals surface area contributed by atoms with Crippen molar-refractivity contribution in [2.45, 2.75) is 44.3 Å². The summed E-state index contributed by atoms with van der Waals surface area (Å²) in [4.78, 5) is 15.9. The first-order valence-electron chi connectivity index (χ1n) is 5.54. The van der Waals surface area contributed by atoms with E-state index in [0.717, 1.165) is 6.54 Å². The Kier molecular flexibility index (Phi) is 2.66. The fourth-order valence-electron chi connectivity index (χ4n) is 2.54. The Balaban J connectivity index is 2.17. The third-order valence-electron chi connectivity index (χ3n) is 3.32. The number of carbonyl (C=O) groups is 1. The van der Waals surface area contributed by atoms with E-state index in [9.17, 15) is 4.79 Å². The molecule has 82 valence electrons. The highest BCUT2D eigenvalue weighted by Gasteiger charge is 2.44. The molecule has 0 radical (unpaired) electrons. The SMILES string of the molecule is CC1CN(C)C(=O)C(CC#N)N1C1CC1. The lowest BCUT2D eigenvalue weighted by molar-refractivity contribution is -0.143. The number of likely N-dealkylation sites (N-methyl/N-ethyl adjacent to an activating group) is 1. The van der Waals surface area contributed by atoms with Crippen LogP contribution in [0.1, 0.15) is 26.2 Å². The summed E-state index contributed by atoms with van der Waals surface area (Å²) in [6, 6.07) is 2.87. The molecule has 2 aliphatic rings. The van der Waals surface area contributed by atoms with Crippen LogP contribution in [0.4, 0.5) is 0 Å². The van der Waals surface area contributed by atoms with Gasteiger partial charge in [0.15, 0.2) is 0 Å². The van der Waals surface area contributed by atoms with E-state index < -0.39 is 0 Å². The Bertz CT molecular complexity index is 305. The summed E-state index contributed by atoms with van der Waals surface area (Å²) in [5, 5.41) is 8.78. The minimum Gasteiger partial charge on any atom is -0.343 e. The van der Waals surface area contributed by atoms with Gasteiger partial charge in [-0.15, -0.1) is 0 Å². The van der Waals surface area contributed by atoms with E-state index >= 15 is 0 Å². The van der Waals surface area contributed by atoms with Crippen LogP contribution in [0.2, 0.25) is 0 Å². The maximum atomic E-state index is 11.9. The first kappa shape index (κ1) is 10.4. The quantitative estimate of drug-likeness (QED) is 0.666. The lowest BCUT2D eigenvalue weighted by atomic mass is 10.0. The summed E-state index contributed by atoms with van der Waals surface area (Å²) < 4.78 is 0. The molecule has 0 aromatic carbocycles. The van der Waals surface area contributed by atoms with E-state index in [1.165, 1.54) is 12.8 Å². The Hall–Kier alpha value is -1.08. The number of hydrogen-bond donors (Lipinski definition) is 0. The zero-order chi connectivity index (χ0) is 11.0. The first-order valence-corrected chi connectivity index (χ1v) is 5.54. The molecule has 2 rings (SSSR count). The number of piperazine rings is 1. The minimum absolute atomic E-state index is 0.113. The van der Waals surface area contributed by atoms with Gasteiger partial charge in [0.2, 0.25) is 5.91 Å². The maximum Gasteiger partial charge on any atom is 0.240 e. The number of hydrogen-bond acceptors (Lipinski definition) is 3. The van der Waals surface area contributed by atoms with E-state index in [-0.39, 0.29) is 11.9 Å². The van der Waals surface area contributed by atoms with Gasteiger partial charge >= 0.3 is 0 Å². The number of carbonyl (C=O) groups excluding carboxylic acids is 1. The predicted molar refractivity (Wildman–Crippen MR) is 56.0 cm³/mol. The Morgan fingerprint density at radius 2 is 2.20 bits per heavy atom. The molecule has 2 fully saturated rings. The van der Waals surface area contributed by atoms with Gasteiger partial charge in [-0.2, -0.15) is 5.26 Å². The van der Waals surface area contributed by atoms with Gasteiger partial charge in [-0.1, -0.05) is 0 Å². The second-order valence-corrected chi connectivity index (χ2v) is 4.62. The van der Waals surface area contributed by atoms with E-state index in [1.807, 2.05) is 7.05 Å². The van der Waals surface area contributed by atoms with E-state index in [1.54, 1.807) is 4.90 Å². The highest BCUT2D eigenvalue weighted by atomic mass is 16.2. The molecule has 15 heavy (non-hydrogen) atoms. The van der Waals surface area contributed by atoms with Gasteiger partial charge in [-0.25, -0.2) is 0 Å². The molecule has 0 N–H and O–H groups in total.